The Morgan fingerprint density at radius 3 is 2.45 bits per heavy atom. The fourth-order valence-corrected chi connectivity index (χ4v) is 3.97. The lowest BCUT2D eigenvalue weighted by atomic mass is 10.1. The summed E-state index contributed by atoms with van der Waals surface area (Å²) >= 11 is 0. The SMILES string of the molecule is CCN(CC)c1ccc(/C=C2\Oc3c(ccc(OCc4cccc(OC)c4)c3C)C2=O)cc1. The van der Waals surface area contributed by atoms with Crippen LogP contribution in [0.25, 0.3) is 6.08 Å². The number of Topliss-reactive ketones (excluding diaryl/α,β-unsaturated/α-hetero) is 1. The van der Waals surface area contributed by atoms with Crippen molar-refractivity contribution in [2.45, 2.75) is 27.4 Å². The fourth-order valence-electron chi connectivity index (χ4n) is 3.97. The van der Waals surface area contributed by atoms with Crippen molar-refractivity contribution in [1.29, 1.82) is 0 Å². The van der Waals surface area contributed by atoms with E-state index in [0.29, 0.717) is 29.4 Å². The van der Waals surface area contributed by atoms with Gasteiger partial charge in [0.15, 0.2) is 5.76 Å². The summed E-state index contributed by atoms with van der Waals surface area (Å²) in [7, 11) is 1.64. The van der Waals surface area contributed by atoms with E-state index in [9.17, 15) is 4.79 Å². The van der Waals surface area contributed by atoms with Gasteiger partial charge in [-0.15, -0.1) is 0 Å². The molecule has 0 amide bonds. The van der Waals surface area contributed by atoms with Crippen LogP contribution in [0.15, 0.2) is 66.4 Å². The average Bonchev–Trinajstić information content (AvgIpc) is 3.16. The standard InChI is InChI=1S/C28H29NO4/c1-5-29(6-2)22-12-10-20(11-13-22)17-26-27(30)24-14-15-25(19(3)28(24)33-26)32-18-21-8-7-9-23(16-21)31-4/h7-17H,5-6,18H2,1-4H3/b26-17-. The first-order valence-electron chi connectivity index (χ1n) is 11.2. The summed E-state index contributed by atoms with van der Waals surface area (Å²) in [5, 5.41) is 0. The van der Waals surface area contributed by atoms with Gasteiger partial charge in [-0.3, -0.25) is 4.79 Å². The Hall–Kier alpha value is -3.73. The third kappa shape index (κ3) is 4.72. The highest BCUT2D eigenvalue weighted by atomic mass is 16.5. The molecule has 4 rings (SSSR count). The summed E-state index contributed by atoms with van der Waals surface area (Å²) in [4.78, 5) is 15.2. The number of anilines is 1. The summed E-state index contributed by atoms with van der Waals surface area (Å²) < 4.78 is 17.3. The van der Waals surface area contributed by atoms with Crippen LogP contribution in [0, 0.1) is 6.92 Å². The van der Waals surface area contributed by atoms with Gasteiger partial charge in [0.1, 0.15) is 23.9 Å². The van der Waals surface area contributed by atoms with Gasteiger partial charge in [0.05, 0.1) is 12.7 Å². The van der Waals surface area contributed by atoms with E-state index in [1.165, 1.54) is 0 Å². The Labute approximate surface area is 195 Å². The summed E-state index contributed by atoms with van der Waals surface area (Å²) in [6.07, 6.45) is 1.80. The number of hydrogen-bond donors (Lipinski definition) is 0. The summed E-state index contributed by atoms with van der Waals surface area (Å²) in [5.74, 6) is 2.26. The molecular weight excluding hydrogens is 414 g/mol. The van der Waals surface area contributed by atoms with E-state index >= 15 is 0 Å². The van der Waals surface area contributed by atoms with Crippen LogP contribution < -0.4 is 19.1 Å². The summed E-state index contributed by atoms with van der Waals surface area (Å²) in [6, 6.07) is 19.5. The maximum Gasteiger partial charge on any atom is 0.231 e. The smallest absolute Gasteiger partial charge is 0.231 e. The van der Waals surface area contributed by atoms with Gasteiger partial charge in [-0.1, -0.05) is 24.3 Å². The molecule has 0 N–H and O–H groups in total. The number of fused-ring (bicyclic) bond motifs is 1. The molecule has 0 aromatic heterocycles. The van der Waals surface area contributed by atoms with E-state index in [1.807, 2.05) is 49.4 Å². The molecule has 3 aromatic carbocycles. The lowest BCUT2D eigenvalue weighted by Crippen LogP contribution is -2.21. The second kappa shape index (κ2) is 9.82. The number of benzene rings is 3. The highest BCUT2D eigenvalue weighted by Crippen LogP contribution is 2.39. The Balaban J connectivity index is 1.51. The summed E-state index contributed by atoms with van der Waals surface area (Å²) in [6.45, 7) is 8.49. The molecule has 0 radical (unpaired) electrons. The molecule has 5 heteroatoms. The zero-order valence-electron chi connectivity index (χ0n) is 19.6. The molecule has 0 saturated heterocycles. The minimum atomic E-state index is -0.111. The van der Waals surface area contributed by atoms with Gasteiger partial charge in [-0.05, 0) is 74.4 Å². The number of carbonyl (C=O) groups excluding carboxylic acids is 1. The third-order valence-corrected chi connectivity index (χ3v) is 5.88. The minimum absolute atomic E-state index is 0.111. The first-order chi connectivity index (χ1) is 16.0. The number of ether oxygens (including phenoxy) is 3. The Kier molecular flexibility index (Phi) is 6.68. The molecule has 0 saturated carbocycles. The lowest BCUT2D eigenvalue weighted by Gasteiger charge is -2.20. The molecular formula is C28H29NO4. The van der Waals surface area contributed by atoms with E-state index in [-0.39, 0.29) is 5.78 Å². The molecule has 0 fully saturated rings. The van der Waals surface area contributed by atoms with Crippen molar-refractivity contribution in [2.24, 2.45) is 0 Å². The molecule has 0 unspecified atom stereocenters. The van der Waals surface area contributed by atoms with E-state index in [2.05, 4.69) is 30.9 Å². The predicted octanol–water partition coefficient (Wildman–Crippen LogP) is 6.05. The summed E-state index contributed by atoms with van der Waals surface area (Å²) in [5.41, 5.74) is 4.46. The van der Waals surface area contributed by atoms with Crippen molar-refractivity contribution in [3.8, 4) is 17.2 Å². The monoisotopic (exact) mass is 443 g/mol. The molecule has 1 aliphatic rings. The normalized spacial score (nSPS) is 13.6. The van der Waals surface area contributed by atoms with E-state index in [0.717, 1.165) is 41.2 Å². The molecule has 0 aliphatic carbocycles. The van der Waals surface area contributed by atoms with Gasteiger partial charge in [-0.25, -0.2) is 0 Å². The number of nitrogens with zero attached hydrogens (tertiary/aromatic N) is 1. The van der Waals surface area contributed by atoms with Crippen LogP contribution in [0.5, 0.6) is 17.2 Å². The number of rotatable bonds is 8. The second-order valence-corrected chi connectivity index (χ2v) is 7.91. The van der Waals surface area contributed by atoms with E-state index < -0.39 is 0 Å². The molecule has 3 aromatic rings. The Morgan fingerprint density at radius 1 is 1.00 bits per heavy atom. The van der Waals surface area contributed by atoms with Gasteiger partial charge < -0.3 is 19.1 Å². The van der Waals surface area contributed by atoms with Gasteiger partial charge in [0.2, 0.25) is 5.78 Å². The van der Waals surface area contributed by atoms with Crippen LogP contribution in [-0.4, -0.2) is 26.0 Å². The maximum absolute atomic E-state index is 12.9. The molecule has 1 aliphatic heterocycles. The number of carbonyl (C=O) groups is 1. The van der Waals surface area contributed by atoms with Gasteiger partial charge in [0.25, 0.3) is 0 Å². The highest BCUT2D eigenvalue weighted by molar-refractivity contribution is 6.15. The molecule has 33 heavy (non-hydrogen) atoms. The van der Waals surface area contributed by atoms with E-state index in [4.69, 9.17) is 14.2 Å². The number of hydrogen-bond acceptors (Lipinski definition) is 5. The van der Waals surface area contributed by atoms with Crippen LogP contribution >= 0.6 is 0 Å². The quantitative estimate of drug-likeness (QED) is 0.397. The van der Waals surface area contributed by atoms with Crippen LogP contribution in [0.4, 0.5) is 5.69 Å². The Bertz CT molecular complexity index is 1180. The van der Waals surface area contributed by atoms with Gasteiger partial charge in [-0.2, -0.15) is 0 Å². The van der Waals surface area contributed by atoms with Crippen molar-refractivity contribution in [3.05, 3.63) is 88.7 Å². The van der Waals surface area contributed by atoms with Crippen LogP contribution in [0.1, 0.15) is 40.9 Å². The molecule has 170 valence electrons. The number of methoxy groups -OCH3 is 1. The van der Waals surface area contributed by atoms with Gasteiger partial charge in [0, 0.05) is 24.3 Å². The number of ketones is 1. The van der Waals surface area contributed by atoms with Crippen molar-refractivity contribution in [2.75, 3.05) is 25.1 Å². The highest BCUT2D eigenvalue weighted by Gasteiger charge is 2.30. The average molecular weight is 444 g/mol. The number of allylic oxidation sites excluding steroid dienone is 1. The van der Waals surface area contributed by atoms with Gasteiger partial charge >= 0.3 is 0 Å². The maximum atomic E-state index is 12.9. The van der Waals surface area contributed by atoms with Crippen molar-refractivity contribution < 1.29 is 19.0 Å². The second-order valence-electron chi connectivity index (χ2n) is 7.91. The molecule has 5 nitrogen and oxygen atoms in total. The third-order valence-electron chi connectivity index (χ3n) is 5.88. The Morgan fingerprint density at radius 2 is 1.76 bits per heavy atom. The van der Waals surface area contributed by atoms with Crippen LogP contribution in [-0.2, 0) is 6.61 Å². The van der Waals surface area contributed by atoms with Crippen LogP contribution in [0.3, 0.4) is 0 Å². The predicted molar refractivity (Wildman–Crippen MR) is 131 cm³/mol. The molecule has 1 heterocycles. The molecule has 0 spiro atoms. The lowest BCUT2D eigenvalue weighted by molar-refractivity contribution is 0.101. The zero-order chi connectivity index (χ0) is 23.4. The minimum Gasteiger partial charge on any atom is -0.497 e. The molecule has 0 bridgehead atoms. The zero-order valence-corrected chi connectivity index (χ0v) is 19.6. The topological polar surface area (TPSA) is 48.0 Å². The van der Waals surface area contributed by atoms with Crippen molar-refractivity contribution >= 4 is 17.5 Å². The first kappa shape index (κ1) is 22.5. The largest absolute Gasteiger partial charge is 0.497 e. The van der Waals surface area contributed by atoms with Crippen LogP contribution in [0.2, 0.25) is 0 Å². The van der Waals surface area contributed by atoms with E-state index in [1.54, 1.807) is 19.3 Å². The first-order valence-corrected chi connectivity index (χ1v) is 11.2. The fraction of sp³-hybridized carbons (Fsp3) is 0.250. The van der Waals surface area contributed by atoms with Crippen molar-refractivity contribution in [1.82, 2.24) is 0 Å². The van der Waals surface area contributed by atoms with Crippen molar-refractivity contribution in [3.63, 3.8) is 0 Å². The molecule has 0 atom stereocenters.